The summed E-state index contributed by atoms with van der Waals surface area (Å²) in [6.45, 7) is 22.0. The predicted molar refractivity (Wildman–Crippen MR) is 137 cm³/mol. The Morgan fingerprint density at radius 2 is 1.23 bits per heavy atom. The minimum atomic E-state index is -0.581. The molecule has 4 aliphatic rings. The van der Waals surface area contributed by atoms with Crippen LogP contribution in [0.3, 0.4) is 0 Å². The van der Waals surface area contributed by atoms with Gasteiger partial charge in [-0.3, -0.25) is 4.79 Å². The average molecular weight is 497 g/mol. The maximum Gasteiger partial charge on any atom is 0.312 e. The summed E-state index contributed by atoms with van der Waals surface area (Å²) in [5, 5.41) is 0. The summed E-state index contributed by atoms with van der Waals surface area (Å²) in [5.41, 5.74) is -1.95. The third-order valence-electron chi connectivity index (χ3n) is 8.50. The van der Waals surface area contributed by atoms with Crippen LogP contribution in [-0.2, 0) is 28.5 Å². The van der Waals surface area contributed by atoms with E-state index in [-0.39, 0.29) is 29.9 Å². The smallest absolute Gasteiger partial charge is 0.312 e. The number of ether oxygens (including phenoxy) is 5. The molecule has 204 valence electrons. The van der Waals surface area contributed by atoms with Gasteiger partial charge in [0.2, 0.25) is 0 Å². The molecular weight excluding hydrogens is 444 g/mol. The van der Waals surface area contributed by atoms with Crippen molar-refractivity contribution in [1.29, 1.82) is 0 Å². The van der Waals surface area contributed by atoms with Crippen LogP contribution in [0, 0.1) is 22.7 Å². The van der Waals surface area contributed by atoms with E-state index in [4.69, 9.17) is 23.7 Å². The molecule has 4 aliphatic carbocycles. The van der Waals surface area contributed by atoms with Gasteiger partial charge in [0.1, 0.15) is 5.60 Å². The maximum atomic E-state index is 14.0. The van der Waals surface area contributed by atoms with Gasteiger partial charge in [0, 0.05) is 32.5 Å². The molecule has 0 spiro atoms. The topological polar surface area (TPSA) is 63.2 Å². The molecule has 0 N–H and O–H groups in total. The molecule has 4 fully saturated rings. The number of hydrogen-bond donors (Lipinski definition) is 0. The maximum absolute atomic E-state index is 14.0. The molecule has 6 nitrogen and oxygen atoms in total. The highest BCUT2D eigenvalue weighted by atomic mass is 16.7. The summed E-state index contributed by atoms with van der Waals surface area (Å²) in [4.78, 5) is 14.0. The second-order valence-corrected chi connectivity index (χ2v) is 13.5. The molecule has 0 aromatic carbocycles. The third-order valence-corrected chi connectivity index (χ3v) is 8.50. The van der Waals surface area contributed by atoms with Crippen LogP contribution in [0.25, 0.3) is 0 Å². The first-order valence-electron chi connectivity index (χ1n) is 13.9. The van der Waals surface area contributed by atoms with Crippen molar-refractivity contribution in [2.24, 2.45) is 22.7 Å². The quantitative estimate of drug-likeness (QED) is 0.223. The molecule has 35 heavy (non-hydrogen) atoms. The van der Waals surface area contributed by atoms with Gasteiger partial charge >= 0.3 is 5.97 Å². The average Bonchev–Trinajstić information content (AvgIpc) is 2.64. The molecule has 0 aromatic rings. The van der Waals surface area contributed by atoms with Gasteiger partial charge in [-0.1, -0.05) is 34.6 Å². The molecule has 6 heteroatoms. The van der Waals surface area contributed by atoms with Crippen molar-refractivity contribution in [2.75, 3.05) is 13.2 Å². The van der Waals surface area contributed by atoms with E-state index < -0.39 is 22.2 Å². The van der Waals surface area contributed by atoms with Gasteiger partial charge < -0.3 is 23.7 Å². The summed E-state index contributed by atoms with van der Waals surface area (Å²) in [5.74, 6) is 0.481. The van der Waals surface area contributed by atoms with Gasteiger partial charge in [0.15, 0.2) is 12.6 Å². The van der Waals surface area contributed by atoms with Crippen LogP contribution in [-0.4, -0.2) is 48.6 Å². The summed E-state index contributed by atoms with van der Waals surface area (Å²) in [6, 6.07) is 0. The lowest BCUT2D eigenvalue weighted by Crippen LogP contribution is -2.69. The van der Waals surface area contributed by atoms with Crippen LogP contribution in [0.15, 0.2) is 0 Å². The van der Waals surface area contributed by atoms with E-state index >= 15 is 0 Å². The Morgan fingerprint density at radius 1 is 0.800 bits per heavy atom. The standard InChI is InChI=1S/C29H52O6/c1-11-31-21(5)33-27-13-23-14-28(17-27,34-22(6)32-12-2)19-29(15-23,18-27)35-24(30)26(10,20(3)4)16-25(7,8)9/h20-23H,11-19H2,1-10H3. The van der Waals surface area contributed by atoms with Gasteiger partial charge in [-0.05, 0) is 77.6 Å². The number of rotatable bonds is 12. The number of carbonyl (C=O) groups excluding carboxylic acids is 1. The van der Waals surface area contributed by atoms with Crippen LogP contribution in [0.5, 0.6) is 0 Å². The zero-order valence-corrected chi connectivity index (χ0v) is 24.1. The summed E-state index contributed by atoms with van der Waals surface area (Å²) >= 11 is 0. The minimum Gasteiger partial charge on any atom is -0.458 e. The van der Waals surface area contributed by atoms with E-state index in [9.17, 15) is 4.79 Å². The van der Waals surface area contributed by atoms with Crippen LogP contribution >= 0.6 is 0 Å². The molecule has 4 bridgehead atoms. The SMILES string of the molecule is CCOC(C)OC12CC3CC(OC(=O)C(C)(CC(C)(C)C)C(C)C)(C1)CC(OC(C)OCC)(C3)C2. The van der Waals surface area contributed by atoms with Crippen LogP contribution in [0.1, 0.15) is 114 Å². The van der Waals surface area contributed by atoms with Crippen LogP contribution in [0.4, 0.5) is 0 Å². The molecular formula is C29H52O6. The van der Waals surface area contributed by atoms with Gasteiger partial charge in [-0.2, -0.15) is 0 Å². The van der Waals surface area contributed by atoms with Crippen molar-refractivity contribution < 1.29 is 28.5 Å². The fourth-order valence-electron chi connectivity index (χ4n) is 7.72. The fraction of sp³-hybridized carbons (Fsp3) is 0.966. The van der Waals surface area contributed by atoms with Gasteiger partial charge in [0.25, 0.3) is 0 Å². The highest BCUT2D eigenvalue weighted by Crippen LogP contribution is 2.64. The minimum absolute atomic E-state index is 0.0219. The molecule has 0 saturated heterocycles. The van der Waals surface area contributed by atoms with Crippen molar-refractivity contribution in [3.63, 3.8) is 0 Å². The van der Waals surface area contributed by atoms with Crippen LogP contribution < -0.4 is 0 Å². The van der Waals surface area contributed by atoms with E-state index in [2.05, 4.69) is 41.5 Å². The van der Waals surface area contributed by atoms with E-state index in [0.717, 1.165) is 32.1 Å². The van der Waals surface area contributed by atoms with Gasteiger partial charge in [-0.25, -0.2) is 0 Å². The lowest BCUT2D eigenvalue weighted by Gasteiger charge is -2.65. The Labute approximate surface area is 214 Å². The third kappa shape index (κ3) is 6.42. The Kier molecular flexibility index (Phi) is 8.44. The molecule has 0 aliphatic heterocycles. The van der Waals surface area contributed by atoms with Gasteiger partial charge in [-0.15, -0.1) is 0 Å². The molecule has 5 unspecified atom stereocenters. The monoisotopic (exact) mass is 496 g/mol. The summed E-state index contributed by atoms with van der Waals surface area (Å²) < 4.78 is 31.5. The zero-order valence-electron chi connectivity index (χ0n) is 24.1. The lowest BCUT2D eigenvalue weighted by atomic mass is 9.50. The van der Waals surface area contributed by atoms with E-state index in [1.54, 1.807) is 0 Å². The molecule has 5 atom stereocenters. The predicted octanol–water partition coefficient (Wildman–Crippen LogP) is 6.64. The van der Waals surface area contributed by atoms with E-state index in [1.807, 2.05) is 27.7 Å². The van der Waals surface area contributed by atoms with Crippen molar-refractivity contribution >= 4 is 5.97 Å². The molecule has 0 heterocycles. The van der Waals surface area contributed by atoms with E-state index in [1.165, 1.54) is 0 Å². The molecule has 4 rings (SSSR count). The van der Waals surface area contributed by atoms with Crippen LogP contribution in [0.2, 0.25) is 0 Å². The Balaban J connectivity index is 1.93. The van der Waals surface area contributed by atoms with Crippen molar-refractivity contribution in [2.45, 2.75) is 144 Å². The highest BCUT2D eigenvalue weighted by Gasteiger charge is 2.67. The summed E-state index contributed by atoms with van der Waals surface area (Å²) in [6.07, 6.45) is 5.15. The molecule has 0 amide bonds. The second-order valence-electron chi connectivity index (χ2n) is 13.5. The highest BCUT2D eigenvalue weighted by molar-refractivity contribution is 5.77. The fourth-order valence-corrected chi connectivity index (χ4v) is 7.72. The molecule has 0 aromatic heterocycles. The Hall–Kier alpha value is -0.690. The summed E-state index contributed by atoms with van der Waals surface area (Å²) in [7, 11) is 0. The number of carbonyl (C=O) groups is 1. The normalized spacial score (nSPS) is 35.7. The van der Waals surface area contributed by atoms with Crippen molar-refractivity contribution in [3.05, 3.63) is 0 Å². The van der Waals surface area contributed by atoms with Crippen molar-refractivity contribution in [3.8, 4) is 0 Å². The zero-order chi connectivity index (χ0) is 26.3. The first-order chi connectivity index (χ1) is 16.1. The number of hydrogen-bond acceptors (Lipinski definition) is 6. The molecule has 4 saturated carbocycles. The largest absolute Gasteiger partial charge is 0.458 e. The number of esters is 1. The van der Waals surface area contributed by atoms with E-state index in [0.29, 0.717) is 32.0 Å². The lowest BCUT2D eigenvalue weighted by molar-refractivity contribution is -0.334. The second kappa shape index (κ2) is 10.2. The van der Waals surface area contributed by atoms with Gasteiger partial charge in [0.05, 0.1) is 16.6 Å². The van der Waals surface area contributed by atoms with Crippen molar-refractivity contribution in [1.82, 2.24) is 0 Å². The Morgan fingerprint density at radius 3 is 1.63 bits per heavy atom. The Bertz CT molecular complexity index is 712. The first kappa shape index (κ1) is 28.9. The molecule has 0 radical (unpaired) electrons. The first-order valence-corrected chi connectivity index (χ1v) is 13.9.